The fourth-order valence-electron chi connectivity index (χ4n) is 5.24. The highest BCUT2D eigenvalue weighted by Gasteiger charge is 2.34. The molecular weight excluding hydrogens is 376 g/mol. The number of rotatable bonds is 5. The van der Waals surface area contributed by atoms with Crippen LogP contribution in [0.3, 0.4) is 0 Å². The van der Waals surface area contributed by atoms with Gasteiger partial charge in [0.1, 0.15) is 0 Å². The first-order valence-corrected chi connectivity index (χ1v) is 11.5. The predicted molar refractivity (Wildman–Crippen MR) is 115 cm³/mol. The van der Waals surface area contributed by atoms with Crippen LogP contribution < -0.4 is 5.73 Å². The van der Waals surface area contributed by atoms with Crippen molar-refractivity contribution in [2.45, 2.75) is 75.5 Å². The van der Waals surface area contributed by atoms with Gasteiger partial charge in [0.15, 0.2) is 0 Å². The Morgan fingerprint density at radius 3 is 2.57 bits per heavy atom. The second kappa shape index (κ2) is 7.17. The average molecular weight is 407 g/mol. The Hall–Kier alpha value is -2.25. The Morgan fingerprint density at radius 2 is 1.83 bits per heavy atom. The summed E-state index contributed by atoms with van der Waals surface area (Å²) in [5.74, 6) is 1.22. The molecule has 0 amide bonds. The summed E-state index contributed by atoms with van der Waals surface area (Å²) in [6.07, 6.45) is 14.3. The van der Waals surface area contributed by atoms with Gasteiger partial charge in [-0.3, -0.25) is 14.3 Å². The minimum atomic E-state index is -0.155. The summed E-state index contributed by atoms with van der Waals surface area (Å²) in [7, 11) is 0. The maximum Gasteiger partial charge on any atom is 0.0758 e. The van der Waals surface area contributed by atoms with Crippen molar-refractivity contribution in [1.29, 1.82) is 0 Å². The van der Waals surface area contributed by atoms with Gasteiger partial charge in [0.05, 0.1) is 41.3 Å². The molecule has 30 heavy (non-hydrogen) atoms. The van der Waals surface area contributed by atoms with Crippen molar-refractivity contribution in [3.8, 4) is 11.3 Å². The number of nitrogens with two attached hydrogens (primary N) is 1. The Kier molecular flexibility index (Phi) is 4.42. The number of aliphatic hydroxyl groups is 1. The van der Waals surface area contributed by atoms with Gasteiger partial charge in [-0.15, -0.1) is 0 Å². The van der Waals surface area contributed by atoms with Crippen LogP contribution in [0.5, 0.6) is 0 Å². The maximum absolute atomic E-state index is 9.87. The zero-order valence-corrected chi connectivity index (χ0v) is 17.3. The van der Waals surface area contributed by atoms with Gasteiger partial charge in [0.25, 0.3) is 0 Å². The molecule has 0 radical (unpaired) electrons. The van der Waals surface area contributed by atoms with Crippen molar-refractivity contribution in [3.05, 3.63) is 30.4 Å². The van der Waals surface area contributed by atoms with Crippen LogP contribution in [-0.2, 0) is 0 Å². The first kappa shape index (κ1) is 18.5. The fraction of sp³-hybridized carbons (Fsp3) is 0.609. The standard InChI is InChI=1S/C23H30N6O/c24-10-14-7-18(8-14)28-13-20(23(27-28)15-1-2-15)21-9-22-16(11-25-21)12-26-29(22)17-3-5-19(30)6-4-17/h9,11-15,17-19,30H,1-8,10,24H2/t14-,17?,18-,19?. The predicted octanol–water partition coefficient (Wildman–Crippen LogP) is 3.56. The SMILES string of the molecule is NC[C@H]1C[C@H](n2cc(-c3cc4c(cn3)cnn4C3CCC(O)CC3)c(C3CC3)n2)C1. The van der Waals surface area contributed by atoms with Gasteiger partial charge >= 0.3 is 0 Å². The van der Waals surface area contributed by atoms with Gasteiger partial charge in [0.2, 0.25) is 0 Å². The molecule has 3 fully saturated rings. The second-order valence-electron chi connectivity index (χ2n) is 9.59. The Morgan fingerprint density at radius 1 is 1.03 bits per heavy atom. The molecule has 6 rings (SSSR count). The molecule has 0 atom stereocenters. The number of hydrogen-bond acceptors (Lipinski definition) is 5. The van der Waals surface area contributed by atoms with Crippen molar-refractivity contribution < 1.29 is 5.11 Å². The monoisotopic (exact) mass is 406 g/mol. The Labute approximate surface area is 176 Å². The largest absolute Gasteiger partial charge is 0.393 e. The molecule has 0 aromatic carbocycles. The van der Waals surface area contributed by atoms with E-state index >= 15 is 0 Å². The number of nitrogens with zero attached hydrogens (tertiary/aromatic N) is 5. The van der Waals surface area contributed by atoms with E-state index in [1.54, 1.807) is 0 Å². The van der Waals surface area contributed by atoms with E-state index in [1.807, 2.05) is 12.4 Å². The minimum Gasteiger partial charge on any atom is -0.393 e. The van der Waals surface area contributed by atoms with Crippen LogP contribution in [0, 0.1) is 5.92 Å². The molecule has 0 bridgehead atoms. The van der Waals surface area contributed by atoms with E-state index in [0.29, 0.717) is 23.9 Å². The molecule has 0 unspecified atom stereocenters. The summed E-state index contributed by atoms with van der Waals surface area (Å²) in [6, 6.07) is 3.03. The minimum absolute atomic E-state index is 0.155. The van der Waals surface area contributed by atoms with Gasteiger partial charge in [-0.2, -0.15) is 10.2 Å². The van der Waals surface area contributed by atoms with Crippen molar-refractivity contribution in [3.63, 3.8) is 0 Å². The summed E-state index contributed by atoms with van der Waals surface area (Å²) < 4.78 is 4.34. The van der Waals surface area contributed by atoms with Gasteiger partial charge in [-0.25, -0.2) is 0 Å². The molecule has 0 saturated heterocycles. The second-order valence-corrected chi connectivity index (χ2v) is 9.59. The van der Waals surface area contributed by atoms with Crippen LogP contribution in [0.25, 0.3) is 22.2 Å². The summed E-state index contributed by atoms with van der Waals surface area (Å²) in [4.78, 5) is 4.80. The molecule has 7 nitrogen and oxygen atoms in total. The molecule has 0 spiro atoms. The molecule has 3 aromatic rings. The van der Waals surface area contributed by atoms with E-state index in [4.69, 9.17) is 15.8 Å². The summed E-state index contributed by atoms with van der Waals surface area (Å²) in [6.45, 7) is 0.778. The number of fused-ring (bicyclic) bond motifs is 1. The zero-order chi connectivity index (χ0) is 20.2. The lowest BCUT2D eigenvalue weighted by Gasteiger charge is -2.34. The molecular formula is C23H30N6O. The summed E-state index contributed by atoms with van der Waals surface area (Å²) in [5.41, 5.74) is 10.4. The van der Waals surface area contributed by atoms with E-state index in [0.717, 1.165) is 61.7 Å². The lowest BCUT2D eigenvalue weighted by atomic mass is 9.80. The van der Waals surface area contributed by atoms with Crippen LogP contribution in [0.1, 0.15) is 75.1 Å². The smallest absolute Gasteiger partial charge is 0.0758 e. The van der Waals surface area contributed by atoms with Crippen LogP contribution in [0.4, 0.5) is 0 Å². The highest BCUT2D eigenvalue weighted by atomic mass is 16.3. The number of hydrogen-bond donors (Lipinski definition) is 2. The maximum atomic E-state index is 9.87. The topological polar surface area (TPSA) is 94.8 Å². The van der Waals surface area contributed by atoms with E-state index in [2.05, 4.69) is 26.7 Å². The van der Waals surface area contributed by atoms with Crippen molar-refractivity contribution in [2.24, 2.45) is 11.7 Å². The normalized spacial score (nSPS) is 29.3. The van der Waals surface area contributed by atoms with Crippen molar-refractivity contribution >= 4 is 10.9 Å². The molecule has 3 aliphatic rings. The lowest BCUT2D eigenvalue weighted by Crippen LogP contribution is -2.32. The molecule has 158 valence electrons. The van der Waals surface area contributed by atoms with E-state index in [1.165, 1.54) is 24.1 Å². The summed E-state index contributed by atoms with van der Waals surface area (Å²) in [5, 5.41) is 20.6. The number of pyridine rings is 1. The molecule has 3 aliphatic carbocycles. The molecule has 3 aromatic heterocycles. The molecule has 3 saturated carbocycles. The third kappa shape index (κ3) is 3.15. The zero-order valence-electron chi connectivity index (χ0n) is 17.3. The van der Waals surface area contributed by atoms with Crippen LogP contribution in [0.15, 0.2) is 24.7 Å². The fourth-order valence-corrected chi connectivity index (χ4v) is 5.24. The third-order valence-corrected chi connectivity index (χ3v) is 7.41. The van der Waals surface area contributed by atoms with E-state index in [9.17, 15) is 5.11 Å². The molecule has 7 heteroatoms. The first-order chi connectivity index (χ1) is 14.7. The van der Waals surface area contributed by atoms with Gasteiger partial charge in [-0.05, 0) is 69.9 Å². The van der Waals surface area contributed by atoms with Crippen LogP contribution >= 0.6 is 0 Å². The molecule has 3 heterocycles. The van der Waals surface area contributed by atoms with Crippen LogP contribution in [-0.4, -0.2) is 42.3 Å². The quantitative estimate of drug-likeness (QED) is 0.676. The number of aromatic nitrogens is 5. The Balaban J connectivity index is 1.35. The first-order valence-electron chi connectivity index (χ1n) is 11.5. The summed E-state index contributed by atoms with van der Waals surface area (Å²) >= 11 is 0. The molecule has 3 N–H and O–H groups in total. The average Bonchev–Trinajstić information content (AvgIpc) is 3.34. The molecule has 0 aliphatic heterocycles. The third-order valence-electron chi connectivity index (χ3n) is 7.41. The van der Waals surface area contributed by atoms with E-state index in [-0.39, 0.29) is 6.10 Å². The van der Waals surface area contributed by atoms with Crippen molar-refractivity contribution in [1.82, 2.24) is 24.5 Å². The van der Waals surface area contributed by atoms with Gasteiger partial charge in [-0.1, -0.05) is 0 Å². The van der Waals surface area contributed by atoms with Crippen molar-refractivity contribution in [2.75, 3.05) is 6.54 Å². The van der Waals surface area contributed by atoms with Crippen LogP contribution in [0.2, 0.25) is 0 Å². The highest BCUT2D eigenvalue weighted by Crippen LogP contribution is 2.45. The van der Waals surface area contributed by atoms with Gasteiger partial charge < -0.3 is 10.8 Å². The number of aliphatic hydroxyl groups excluding tert-OH is 1. The Bertz CT molecular complexity index is 1050. The van der Waals surface area contributed by atoms with Gasteiger partial charge in [0, 0.05) is 29.3 Å². The van der Waals surface area contributed by atoms with E-state index < -0.39 is 0 Å². The highest BCUT2D eigenvalue weighted by molar-refractivity contribution is 5.82. The lowest BCUT2D eigenvalue weighted by molar-refractivity contribution is 0.109.